The van der Waals surface area contributed by atoms with E-state index < -0.39 is 12.6 Å². The first-order chi connectivity index (χ1) is 12.0. The van der Waals surface area contributed by atoms with Crippen molar-refractivity contribution in [3.8, 4) is 0 Å². The Bertz CT molecular complexity index is 334. The maximum atomic E-state index is 12.4. The first-order valence-electron chi connectivity index (χ1n) is 11.0. The van der Waals surface area contributed by atoms with Crippen molar-refractivity contribution in [3.05, 3.63) is 0 Å². The summed E-state index contributed by atoms with van der Waals surface area (Å²) in [5.74, 6) is 2.98. The molecule has 3 heteroatoms. The highest BCUT2D eigenvalue weighted by molar-refractivity contribution is 4.82. The van der Waals surface area contributed by atoms with Gasteiger partial charge in [0.15, 0.2) is 0 Å². The van der Waals surface area contributed by atoms with Crippen LogP contribution in [0, 0.1) is 23.7 Å². The molecule has 0 aromatic heterocycles. The largest absolute Gasteiger partial charge is 0.389 e. The molecule has 0 nitrogen and oxygen atoms in total. The fraction of sp³-hybridized carbons (Fsp3) is 1.00. The molecule has 0 amide bonds. The second kappa shape index (κ2) is 10.8. The molecule has 2 saturated carbocycles. The van der Waals surface area contributed by atoms with E-state index in [0.717, 1.165) is 30.6 Å². The van der Waals surface area contributed by atoms with Gasteiger partial charge in [-0.2, -0.15) is 13.2 Å². The Morgan fingerprint density at radius 1 is 0.640 bits per heavy atom. The Kier molecular flexibility index (Phi) is 9.13. The highest BCUT2D eigenvalue weighted by Gasteiger charge is 2.33. The molecule has 0 aliphatic heterocycles. The molecule has 0 N–H and O–H groups in total. The summed E-state index contributed by atoms with van der Waals surface area (Å²) in [6.07, 6.45) is 14.2. The van der Waals surface area contributed by atoms with Gasteiger partial charge in [0.05, 0.1) is 0 Å². The van der Waals surface area contributed by atoms with Crippen LogP contribution in [0.3, 0.4) is 0 Å². The van der Waals surface area contributed by atoms with Gasteiger partial charge in [-0.15, -0.1) is 0 Å². The van der Waals surface area contributed by atoms with Gasteiger partial charge in [0.25, 0.3) is 0 Å². The van der Waals surface area contributed by atoms with E-state index in [4.69, 9.17) is 0 Å². The number of alkyl halides is 3. The van der Waals surface area contributed by atoms with Crippen LogP contribution in [-0.4, -0.2) is 6.18 Å². The molecule has 0 radical (unpaired) electrons. The lowest BCUT2D eigenvalue weighted by Crippen LogP contribution is -2.26. The number of unbranched alkanes of at least 4 members (excludes halogenated alkanes) is 4. The molecule has 0 spiro atoms. The topological polar surface area (TPSA) is 0 Å². The van der Waals surface area contributed by atoms with Crippen LogP contribution in [0.15, 0.2) is 0 Å². The van der Waals surface area contributed by atoms with E-state index in [9.17, 15) is 13.2 Å². The van der Waals surface area contributed by atoms with Crippen molar-refractivity contribution >= 4 is 0 Å². The summed E-state index contributed by atoms with van der Waals surface area (Å²) < 4.78 is 37.1. The third-order valence-electron chi connectivity index (χ3n) is 7.00. The van der Waals surface area contributed by atoms with Gasteiger partial charge in [-0.25, -0.2) is 0 Å². The second-order valence-electron chi connectivity index (χ2n) is 8.92. The van der Waals surface area contributed by atoms with E-state index >= 15 is 0 Å². The van der Waals surface area contributed by atoms with Crippen LogP contribution < -0.4 is 0 Å². The lowest BCUT2D eigenvalue weighted by Gasteiger charge is -2.38. The van der Waals surface area contributed by atoms with Crippen LogP contribution in [0.4, 0.5) is 13.2 Å². The highest BCUT2D eigenvalue weighted by atomic mass is 19.4. The van der Waals surface area contributed by atoms with E-state index in [2.05, 4.69) is 6.92 Å². The maximum absolute atomic E-state index is 12.4. The van der Waals surface area contributed by atoms with Crippen molar-refractivity contribution in [2.45, 2.75) is 116 Å². The Balaban J connectivity index is 1.56. The molecule has 0 aromatic rings. The summed E-state index contributed by atoms with van der Waals surface area (Å²) in [6.45, 7) is 2.27. The zero-order valence-electron chi connectivity index (χ0n) is 16.3. The summed E-state index contributed by atoms with van der Waals surface area (Å²) in [6, 6.07) is 0. The minimum absolute atomic E-state index is 0.331. The Morgan fingerprint density at radius 2 is 1.12 bits per heavy atom. The van der Waals surface area contributed by atoms with Gasteiger partial charge in [0, 0.05) is 6.42 Å². The molecule has 0 aromatic carbocycles. The van der Waals surface area contributed by atoms with E-state index in [-0.39, 0.29) is 0 Å². The van der Waals surface area contributed by atoms with Gasteiger partial charge in [-0.1, -0.05) is 71.1 Å². The van der Waals surface area contributed by atoms with Gasteiger partial charge in [0.1, 0.15) is 0 Å². The van der Waals surface area contributed by atoms with Crippen LogP contribution in [0.1, 0.15) is 110 Å². The third-order valence-corrected chi connectivity index (χ3v) is 7.00. The predicted molar refractivity (Wildman–Crippen MR) is 99.6 cm³/mol. The molecule has 2 rings (SSSR count). The van der Waals surface area contributed by atoms with Gasteiger partial charge in [-0.05, 0) is 55.8 Å². The second-order valence-corrected chi connectivity index (χ2v) is 8.92. The van der Waals surface area contributed by atoms with E-state index in [0.29, 0.717) is 12.3 Å². The number of halogens is 3. The molecule has 0 saturated heterocycles. The zero-order valence-corrected chi connectivity index (χ0v) is 16.3. The van der Waals surface area contributed by atoms with Gasteiger partial charge in [0.2, 0.25) is 0 Å². The van der Waals surface area contributed by atoms with Crippen molar-refractivity contribution in [3.63, 3.8) is 0 Å². The SMILES string of the molecule is CCCCCCCC1CCC(C2CCC(CCC(F)(F)F)CC2)CC1. The quantitative estimate of drug-likeness (QED) is 0.363. The van der Waals surface area contributed by atoms with Crippen molar-refractivity contribution in [2.24, 2.45) is 23.7 Å². The zero-order chi connectivity index (χ0) is 18.1. The van der Waals surface area contributed by atoms with Gasteiger partial charge in [-0.3, -0.25) is 0 Å². The smallest absolute Gasteiger partial charge is 0.171 e. The van der Waals surface area contributed by atoms with E-state index in [1.54, 1.807) is 0 Å². The summed E-state index contributed by atoms with van der Waals surface area (Å²) in [5.41, 5.74) is 0. The number of hydrogen-bond acceptors (Lipinski definition) is 0. The molecule has 0 atom stereocenters. The molecular weight excluding hydrogens is 321 g/mol. The molecule has 0 bridgehead atoms. The van der Waals surface area contributed by atoms with Crippen molar-refractivity contribution in [2.75, 3.05) is 0 Å². The molecule has 2 aliphatic rings. The van der Waals surface area contributed by atoms with Crippen LogP contribution in [0.25, 0.3) is 0 Å². The Labute approximate surface area is 153 Å². The molecular formula is C22H39F3. The normalized spacial score (nSPS) is 31.2. The maximum Gasteiger partial charge on any atom is 0.389 e. The van der Waals surface area contributed by atoms with Crippen LogP contribution in [0.2, 0.25) is 0 Å². The molecule has 25 heavy (non-hydrogen) atoms. The van der Waals surface area contributed by atoms with Gasteiger partial charge < -0.3 is 0 Å². The average molecular weight is 361 g/mol. The molecule has 0 heterocycles. The van der Waals surface area contributed by atoms with E-state index in [1.165, 1.54) is 77.0 Å². The molecule has 0 unspecified atom stereocenters. The fourth-order valence-corrected chi connectivity index (χ4v) is 5.30. The minimum atomic E-state index is -3.97. The standard InChI is InChI=1S/C22H39F3/c1-2-3-4-5-6-7-18-8-12-20(13-9-18)21-14-10-19(11-15-21)16-17-22(23,24)25/h18-21H,2-17H2,1H3. The summed E-state index contributed by atoms with van der Waals surface area (Å²) in [7, 11) is 0. The average Bonchev–Trinajstić information content (AvgIpc) is 2.60. The summed E-state index contributed by atoms with van der Waals surface area (Å²) in [4.78, 5) is 0. The monoisotopic (exact) mass is 360 g/mol. The van der Waals surface area contributed by atoms with Crippen LogP contribution in [-0.2, 0) is 0 Å². The summed E-state index contributed by atoms with van der Waals surface area (Å²) >= 11 is 0. The van der Waals surface area contributed by atoms with Crippen molar-refractivity contribution < 1.29 is 13.2 Å². The Hall–Kier alpha value is -0.210. The lowest BCUT2D eigenvalue weighted by molar-refractivity contribution is -0.138. The number of hydrogen-bond donors (Lipinski definition) is 0. The lowest BCUT2D eigenvalue weighted by atomic mass is 9.68. The third kappa shape index (κ3) is 8.35. The van der Waals surface area contributed by atoms with Crippen LogP contribution in [0.5, 0.6) is 0 Å². The van der Waals surface area contributed by atoms with E-state index in [1.807, 2.05) is 0 Å². The van der Waals surface area contributed by atoms with Crippen molar-refractivity contribution in [1.82, 2.24) is 0 Å². The van der Waals surface area contributed by atoms with Crippen LogP contribution >= 0.6 is 0 Å². The highest BCUT2D eigenvalue weighted by Crippen LogP contribution is 2.43. The van der Waals surface area contributed by atoms with Crippen molar-refractivity contribution in [1.29, 1.82) is 0 Å². The fourth-order valence-electron chi connectivity index (χ4n) is 5.30. The molecule has 2 aliphatic carbocycles. The first-order valence-corrected chi connectivity index (χ1v) is 11.0. The minimum Gasteiger partial charge on any atom is -0.171 e. The molecule has 2 fully saturated rings. The number of rotatable bonds is 9. The van der Waals surface area contributed by atoms with Gasteiger partial charge >= 0.3 is 6.18 Å². The predicted octanol–water partition coefficient (Wildman–Crippen LogP) is 8.30. The Morgan fingerprint density at radius 3 is 1.60 bits per heavy atom. The molecule has 148 valence electrons. The first kappa shape index (κ1) is 21.1. The summed E-state index contributed by atoms with van der Waals surface area (Å²) in [5, 5.41) is 0.